The van der Waals surface area contributed by atoms with Crippen LogP contribution in [0.4, 0.5) is 0 Å². The fourth-order valence-electron chi connectivity index (χ4n) is 2.41. The minimum atomic E-state index is -1.11. The molecule has 0 saturated heterocycles. The zero-order valence-corrected chi connectivity index (χ0v) is 14.0. The highest BCUT2D eigenvalue weighted by atomic mass is 16.5. The van der Waals surface area contributed by atoms with Gasteiger partial charge in [0.15, 0.2) is 17.1 Å². The number of nitrogens with one attached hydrogen (secondary N) is 1. The fourth-order valence-corrected chi connectivity index (χ4v) is 2.41. The summed E-state index contributed by atoms with van der Waals surface area (Å²) in [4.78, 5) is 24.5. The first-order chi connectivity index (χ1) is 10.9. The van der Waals surface area contributed by atoms with Gasteiger partial charge in [-0.2, -0.15) is 0 Å². The van der Waals surface area contributed by atoms with Gasteiger partial charge in [0.2, 0.25) is 0 Å². The minimum Gasteiger partial charge on any atom is -0.493 e. The van der Waals surface area contributed by atoms with E-state index in [4.69, 9.17) is 13.9 Å². The largest absolute Gasteiger partial charge is 0.493 e. The van der Waals surface area contributed by atoms with Crippen molar-refractivity contribution in [2.75, 3.05) is 14.2 Å². The molecule has 0 fully saturated rings. The van der Waals surface area contributed by atoms with Crippen LogP contribution in [0.25, 0.3) is 11.0 Å². The van der Waals surface area contributed by atoms with Crippen molar-refractivity contribution >= 4 is 22.8 Å². The summed E-state index contributed by atoms with van der Waals surface area (Å²) in [6.45, 7) is 5.21. The van der Waals surface area contributed by atoms with Crippen molar-refractivity contribution in [3.8, 4) is 5.75 Å². The van der Waals surface area contributed by atoms with Crippen molar-refractivity contribution in [3.05, 3.63) is 29.5 Å². The van der Waals surface area contributed by atoms with Crippen LogP contribution in [0.1, 0.15) is 36.4 Å². The maximum absolute atomic E-state index is 12.6. The molecule has 0 bridgehead atoms. The standard InChI is InChI=1S/C17H21NO5/c1-6-17(3,16(20)22-5)18-15(19)13-10(2)11-8-7-9-12(21-4)14(11)23-13/h7-9H,6H2,1-5H3,(H,18,19)/t17-/m1/s1. The number of fused-ring (bicyclic) bond motifs is 1. The van der Waals surface area contributed by atoms with Crippen LogP contribution in [0.5, 0.6) is 5.75 Å². The summed E-state index contributed by atoms with van der Waals surface area (Å²) in [5.41, 5.74) is 0.0927. The average Bonchev–Trinajstić information content (AvgIpc) is 2.91. The van der Waals surface area contributed by atoms with Crippen LogP contribution in [0.2, 0.25) is 0 Å². The van der Waals surface area contributed by atoms with Gasteiger partial charge in [-0.1, -0.05) is 19.1 Å². The molecule has 1 aromatic carbocycles. The summed E-state index contributed by atoms with van der Waals surface area (Å²) in [6, 6.07) is 5.44. The number of hydrogen-bond donors (Lipinski definition) is 1. The summed E-state index contributed by atoms with van der Waals surface area (Å²) in [5.74, 6) is -0.251. The maximum Gasteiger partial charge on any atom is 0.331 e. The minimum absolute atomic E-state index is 0.160. The zero-order chi connectivity index (χ0) is 17.2. The molecule has 1 heterocycles. The van der Waals surface area contributed by atoms with Crippen LogP contribution >= 0.6 is 0 Å². The van der Waals surface area contributed by atoms with Crippen molar-refractivity contribution in [1.82, 2.24) is 5.32 Å². The Hall–Kier alpha value is -2.50. The number of furan rings is 1. The number of para-hydroxylation sites is 1. The van der Waals surface area contributed by atoms with E-state index in [1.807, 2.05) is 12.1 Å². The monoisotopic (exact) mass is 319 g/mol. The number of methoxy groups -OCH3 is 2. The Kier molecular flexibility index (Phi) is 4.63. The van der Waals surface area contributed by atoms with E-state index in [1.165, 1.54) is 14.2 Å². The normalized spacial score (nSPS) is 13.4. The molecular formula is C17H21NO5. The predicted octanol–water partition coefficient (Wildman–Crippen LogP) is 2.82. The second-order valence-corrected chi connectivity index (χ2v) is 5.52. The van der Waals surface area contributed by atoms with E-state index in [2.05, 4.69) is 5.32 Å². The van der Waals surface area contributed by atoms with E-state index in [-0.39, 0.29) is 5.76 Å². The average molecular weight is 319 g/mol. The molecule has 1 amide bonds. The molecule has 0 radical (unpaired) electrons. The van der Waals surface area contributed by atoms with Crippen molar-refractivity contribution in [3.63, 3.8) is 0 Å². The van der Waals surface area contributed by atoms with E-state index < -0.39 is 17.4 Å². The lowest BCUT2D eigenvalue weighted by Crippen LogP contribution is -2.52. The molecule has 2 aromatic rings. The van der Waals surface area contributed by atoms with E-state index in [9.17, 15) is 9.59 Å². The smallest absolute Gasteiger partial charge is 0.331 e. The molecule has 2 rings (SSSR count). The van der Waals surface area contributed by atoms with Gasteiger partial charge in [-0.05, 0) is 26.3 Å². The molecule has 1 aromatic heterocycles. The Morgan fingerprint density at radius 3 is 2.57 bits per heavy atom. The summed E-state index contributed by atoms with van der Waals surface area (Å²) in [7, 11) is 2.83. The number of esters is 1. The highest BCUT2D eigenvalue weighted by molar-refractivity contribution is 6.02. The van der Waals surface area contributed by atoms with E-state index in [1.54, 1.807) is 26.8 Å². The van der Waals surface area contributed by atoms with Gasteiger partial charge in [0.05, 0.1) is 14.2 Å². The number of carbonyl (C=O) groups is 2. The molecule has 0 aliphatic rings. The second-order valence-electron chi connectivity index (χ2n) is 5.52. The molecule has 124 valence electrons. The molecule has 0 spiro atoms. The lowest BCUT2D eigenvalue weighted by Gasteiger charge is -2.25. The van der Waals surface area contributed by atoms with Crippen LogP contribution in [0.3, 0.4) is 0 Å². The number of hydrogen-bond acceptors (Lipinski definition) is 5. The highest BCUT2D eigenvalue weighted by Gasteiger charge is 2.35. The topological polar surface area (TPSA) is 77.8 Å². The van der Waals surface area contributed by atoms with Gasteiger partial charge in [-0.15, -0.1) is 0 Å². The maximum atomic E-state index is 12.6. The Morgan fingerprint density at radius 2 is 2.00 bits per heavy atom. The van der Waals surface area contributed by atoms with Crippen LogP contribution in [-0.4, -0.2) is 31.6 Å². The van der Waals surface area contributed by atoms with Crippen LogP contribution < -0.4 is 10.1 Å². The molecule has 6 nitrogen and oxygen atoms in total. The number of amides is 1. The Balaban J connectivity index is 2.42. The third kappa shape index (κ3) is 2.88. The third-order valence-electron chi connectivity index (χ3n) is 4.09. The van der Waals surface area contributed by atoms with Crippen molar-refractivity contribution in [1.29, 1.82) is 0 Å². The molecular weight excluding hydrogens is 298 g/mol. The molecule has 6 heteroatoms. The first kappa shape index (κ1) is 16.9. The quantitative estimate of drug-likeness (QED) is 0.857. The van der Waals surface area contributed by atoms with Crippen molar-refractivity contribution in [2.45, 2.75) is 32.7 Å². The molecule has 1 N–H and O–H groups in total. The molecule has 0 aliphatic carbocycles. The lowest BCUT2D eigenvalue weighted by atomic mass is 9.98. The number of benzene rings is 1. The van der Waals surface area contributed by atoms with Crippen molar-refractivity contribution < 1.29 is 23.5 Å². The van der Waals surface area contributed by atoms with E-state index in [0.717, 1.165) is 5.39 Å². The van der Waals surface area contributed by atoms with Gasteiger partial charge in [0, 0.05) is 10.9 Å². The molecule has 0 saturated carbocycles. The van der Waals surface area contributed by atoms with Crippen LogP contribution in [0, 0.1) is 6.92 Å². The zero-order valence-electron chi connectivity index (χ0n) is 14.0. The SMILES string of the molecule is CC[C@@](C)(NC(=O)c1oc2c(OC)cccc2c1C)C(=O)OC. The lowest BCUT2D eigenvalue weighted by molar-refractivity contribution is -0.147. The van der Waals surface area contributed by atoms with Gasteiger partial charge in [-0.25, -0.2) is 4.79 Å². The molecule has 23 heavy (non-hydrogen) atoms. The molecule has 0 unspecified atom stereocenters. The van der Waals surface area contributed by atoms with Gasteiger partial charge < -0.3 is 19.2 Å². The van der Waals surface area contributed by atoms with Gasteiger partial charge in [0.25, 0.3) is 5.91 Å². The summed E-state index contributed by atoms with van der Waals surface area (Å²) in [5, 5.41) is 3.50. The Bertz CT molecular complexity index is 749. The number of aryl methyl sites for hydroxylation is 1. The second kappa shape index (κ2) is 6.32. The molecule has 0 aliphatic heterocycles. The number of carbonyl (C=O) groups excluding carboxylic acids is 2. The Labute approximate surface area is 134 Å². The number of rotatable bonds is 5. The van der Waals surface area contributed by atoms with Gasteiger partial charge in [-0.3, -0.25) is 4.79 Å². The third-order valence-corrected chi connectivity index (χ3v) is 4.09. The van der Waals surface area contributed by atoms with E-state index >= 15 is 0 Å². The highest BCUT2D eigenvalue weighted by Crippen LogP contribution is 2.32. The number of ether oxygens (including phenoxy) is 2. The summed E-state index contributed by atoms with van der Waals surface area (Å²) >= 11 is 0. The fraction of sp³-hybridized carbons (Fsp3) is 0.412. The van der Waals surface area contributed by atoms with Crippen LogP contribution in [0.15, 0.2) is 22.6 Å². The Morgan fingerprint density at radius 1 is 1.30 bits per heavy atom. The van der Waals surface area contributed by atoms with Crippen LogP contribution in [-0.2, 0) is 9.53 Å². The summed E-state index contributed by atoms with van der Waals surface area (Å²) < 4.78 is 15.7. The van der Waals surface area contributed by atoms with E-state index in [0.29, 0.717) is 23.3 Å². The summed E-state index contributed by atoms with van der Waals surface area (Å²) in [6.07, 6.45) is 0.397. The molecule has 1 atom stereocenters. The van der Waals surface area contributed by atoms with Crippen molar-refractivity contribution in [2.24, 2.45) is 0 Å². The van der Waals surface area contributed by atoms with Gasteiger partial charge >= 0.3 is 5.97 Å². The van der Waals surface area contributed by atoms with Gasteiger partial charge in [0.1, 0.15) is 5.54 Å². The first-order valence-electron chi connectivity index (χ1n) is 7.35. The first-order valence-corrected chi connectivity index (χ1v) is 7.35. The predicted molar refractivity (Wildman–Crippen MR) is 85.7 cm³/mol.